The molecule has 0 spiro atoms. The zero-order valence-electron chi connectivity index (χ0n) is 32.1. The smallest absolute Gasteiger partial charge is 0.407 e. The molecule has 4 atom stereocenters. The molecule has 2 aliphatic heterocycles. The van der Waals surface area contributed by atoms with Crippen LogP contribution in [-0.4, -0.2) is 104 Å². The second-order valence-electron chi connectivity index (χ2n) is 15.0. The Kier molecular flexibility index (Phi) is 11.4. The quantitative estimate of drug-likeness (QED) is 0.0896. The summed E-state index contributed by atoms with van der Waals surface area (Å²) in [6.07, 6.45) is 6.41. The number of benzene rings is 1. The molecule has 2 saturated heterocycles. The normalized spacial score (nSPS) is 18.5. The van der Waals surface area contributed by atoms with Crippen molar-refractivity contribution in [3.8, 4) is 33.2 Å². The number of aromatic amines is 3. The molecule has 15 nitrogen and oxygen atoms in total. The van der Waals surface area contributed by atoms with Gasteiger partial charge in [0.2, 0.25) is 11.8 Å². The van der Waals surface area contributed by atoms with Crippen LogP contribution in [0.15, 0.2) is 42.7 Å². The first-order valence-electron chi connectivity index (χ1n) is 18.9. The van der Waals surface area contributed by atoms with Crippen molar-refractivity contribution in [2.45, 2.75) is 77.5 Å². The number of carbonyl (C=O) groups is 3. The molecule has 0 aliphatic carbocycles. The average molecular weight is 771 g/mol. The van der Waals surface area contributed by atoms with E-state index < -0.39 is 12.1 Å². The molecule has 1 aromatic carbocycles. The Bertz CT molecular complexity index is 2090. The van der Waals surface area contributed by atoms with E-state index in [-0.39, 0.29) is 41.8 Å². The number of imidazole rings is 2. The van der Waals surface area contributed by atoms with E-state index in [0.29, 0.717) is 25.6 Å². The third-order valence-corrected chi connectivity index (χ3v) is 11.6. The maximum Gasteiger partial charge on any atom is 0.407 e. The molecular weight excluding hydrogens is 721 g/mol. The second kappa shape index (κ2) is 16.4. The first-order valence-corrected chi connectivity index (χ1v) is 19.8. The van der Waals surface area contributed by atoms with Gasteiger partial charge >= 0.3 is 6.09 Å². The lowest BCUT2D eigenvalue weighted by atomic mass is 10.0. The van der Waals surface area contributed by atoms with Crippen LogP contribution in [-0.2, 0) is 19.1 Å². The molecule has 0 saturated carbocycles. The Morgan fingerprint density at radius 1 is 0.818 bits per heavy atom. The van der Waals surface area contributed by atoms with Gasteiger partial charge in [-0.1, -0.05) is 63.3 Å². The van der Waals surface area contributed by atoms with Crippen molar-refractivity contribution in [1.82, 2.24) is 50.3 Å². The number of amides is 3. The summed E-state index contributed by atoms with van der Waals surface area (Å²) >= 11 is 1.54. The van der Waals surface area contributed by atoms with E-state index in [9.17, 15) is 14.4 Å². The Morgan fingerprint density at radius 2 is 1.38 bits per heavy atom. The van der Waals surface area contributed by atoms with E-state index in [2.05, 4.69) is 54.8 Å². The van der Waals surface area contributed by atoms with Crippen LogP contribution in [0, 0.1) is 11.8 Å². The summed E-state index contributed by atoms with van der Waals surface area (Å²) in [5.74, 6) is 1.46. The van der Waals surface area contributed by atoms with Gasteiger partial charge in [0, 0.05) is 25.9 Å². The molecule has 5 N–H and O–H groups in total. The molecular formula is C39H50N10O5S. The first-order chi connectivity index (χ1) is 26.6. The standard InChI is InChI=1S/C39H50N10O5S/c1-21(2)31(42-20-53-5)37(50)48-15-7-9-29(48)33-40-18-27(43-33)24-13-11-23(12-14-24)25-17-26-35(45-25)55-36(46-26)28-19-41-34(44-28)30-10-8-16-49(30)38(51)32(22(3)4)47-39(52)54-6/h11-14,17-19,21-22,29-32,42,45H,7-10,15-16,20H2,1-6H3,(H,40,43)(H,41,44)(H,47,52). The van der Waals surface area contributed by atoms with Crippen molar-refractivity contribution in [3.05, 3.63) is 54.4 Å². The monoisotopic (exact) mass is 770 g/mol. The van der Waals surface area contributed by atoms with Gasteiger partial charge in [0.1, 0.15) is 33.0 Å². The topological polar surface area (TPSA) is 186 Å². The minimum Gasteiger partial charge on any atom is -0.453 e. The van der Waals surface area contributed by atoms with Gasteiger partial charge in [-0.3, -0.25) is 14.9 Å². The van der Waals surface area contributed by atoms with Crippen LogP contribution in [0.3, 0.4) is 0 Å². The fourth-order valence-corrected chi connectivity index (χ4v) is 8.57. The molecule has 0 bridgehead atoms. The van der Waals surface area contributed by atoms with Crippen LogP contribution >= 0.6 is 11.3 Å². The Balaban J connectivity index is 1.01. The number of hydrogen-bond donors (Lipinski definition) is 5. The van der Waals surface area contributed by atoms with Crippen molar-refractivity contribution >= 4 is 39.6 Å². The van der Waals surface area contributed by atoms with Crippen molar-refractivity contribution in [1.29, 1.82) is 0 Å². The Morgan fingerprint density at radius 3 is 1.95 bits per heavy atom. The third kappa shape index (κ3) is 7.89. The fraction of sp³-hybridized carbons (Fsp3) is 0.487. The Labute approximate surface area is 324 Å². The van der Waals surface area contributed by atoms with Crippen molar-refractivity contribution in [2.75, 3.05) is 34.0 Å². The maximum absolute atomic E-state index is 13.5. The number of thiazole rings is 1. The number of carbonyl (C=O) groups excluding carboxylic acids is 3. The fourth-order valence-electron chi connectivity index (χ4n) is 7.65. The van der Waals surface area contributed by atoms with Gasteiger partial charge in [0.25, 0.3) is 0 Å². The molecule has 292 valence electrons. The summed E-state index contributed by atoms with van der Waals surface area (Å²) in [6, 6.07) is 9.01. The second-order valence-corrected chi connectivity index (χ2v) is 16.0. The highest BCUT2D eigenvalue weighted by molar-refractivity contribution is 7.21. The van der Waals surface area contributed by atoms with Gasteiger partial charge in [-0.05, 0) is 54.7 Å². The molecule has 5 aromatic rings. The molecule has 6 heterocycles. The zero-order chi connectivity index (χ0) is 38.8. The number of nitrogens with zero attached hydrogens (tertiary/aromatic N) is 5. The van der Waals surface area contributed by atoms with Crippen LogP contribution in [0.2, 0.25) is 0 Å². The molecule has 4 unspecified atom stereocenters. The van der Waals surface area contributed by atoms with E-state index in [1.807, 2.05) is 44.9 Å². The first kappa shape index (κ1) is 38.2. The van der Waals surface area contributed by atoms with Crippen LogP contribution in [0.5, 0.6) is 0 Å². The van der Waals surface area contributed by atoms with E-state index in [0.717, 1.165) is 75.1 Å². The summed E-state index contributed by atoms with van der Waals surface area (Å²) in [5, 5.41) is 6.73. The van der Waals surface area contributed by atoms with Gasteiger partial charge in [0.15, 0.2) is 0 Å². The third-order valence-electron chi connectivity index (χ3n) is 10.6. The lowest BCUT2D eigenvalue weighted by Crippen LogP contribution is -2.51. The highest BCUT2D eigenvalue weighted by Gasteiger charge is 2.38. The van der Waals surface area contributed by atoms with Crippen LogP contribution < -0.4 is 10.6 Å². The number of rotatable bonds is 13. The lowest BCUT2D eigenvalue weighted by Gasteiger charge is -2.30. The van der Waals surface area contributed by atoms with E-state index in [4.69, 9.17) is 19.4 Å². The number of aromatic nitrogens is 6. The van der Waals surface area contributed by atoms with Gasteiger partial charge in [-0.15, -0.1) is 0 Å². The van der Waals surface area contributed by atoms with E-state index in [1.165, 1.54) is 18.4 Å². The lowest BCUT2D eigenvalue weighted by molar-refractivity contribution is -0.136. The van der Waals surface area contributed by atoms with Gasteiger partial charge in [-0.2, -0.15) is 0 Å². The number of H-pyrrole nitrogens is 3. The van der Waals surface area contributed by atoms with Crippen LogP contribution in [0.25, 0.3) is 43.6 Å². The SMILES string of the molecule is COCNC(C(=O)N1CCCC1c1ncc(-c2ccc(-c3cc4nc(-c5cnc(C6CCCN6C(=O)C(NC(=O)OC)C(C)C)[nH]5)sc4[nH]3)cc2)[nH]1)C(C)C. The van der Waals surface area contributed by atoms with Crippen molar-refractivity contribution in [2.24, 2.45) is 11.8 Å². The number of likely N-dealkylation sites (tertiary alicyclic amines) is 2. The highest BCUT2D eigenvalue weighted by atomic mass is 32.1. The number of hydrogen-bond acceptors (Lipinski definition) is 10. The molecule has 0 radical (unpaired) electrons. The molecule has 2 aliphatic rings. The largest absolute Gasteiger partial charge is 0.453 e. The number of fused-ring (bicyclic) bond motifs is 1. The summed E-state index contributed by atoms with van der Waals surface area (Å²) in [4.78, 5) is 68.5. The number of methoxy groups -OCH3 is 2. The average Bonchev–Trinajstić information content (AvgIpc) is 4.02. The molecule has 55 heavy (non-hydrogen) atoms. The Hall–Kier alpha value is -5.06. The summed E-state index contributed by atoms with van der Waals surface area (Å²) < 4.78 is 9.94. The summed E-state index contributed by atoms with van der Waals surface area (Å²) in [5.41, 5.74) is 5.54. The molecule has 3 amide bonds. The van der Waals surface area contributed by atoms with Crippen molar-refractivity contribution < 1.29 is 23.9 Å². The summed E-state index contributed by atoms with van der Waals surface area (Å²) in [7, 11) is 2.91. The molecule has 7 rings (SSSR count). The maximum atomic E-state index is 13.5. The number of ether oxygens (including phenoxy) is 2. The van der Waals surface area contributed by atoms with Gasteiger partial charge in [-0.25, -0.2) is 19.7 Å². The molecule has 4 aromatic heterocycles. The van der Waals surface area contributed by atoms with Crippen LogP contribution in [0.1, 0.15) is 77.1 Å². The van der Waals surface area contributed by atoms with Crippen molar-refractivity contribution in [3.63, 3.8) is 0 Å². The zero-order valence-corrected chi connectivity index (χ0v) is 33.0. The molecule has 2 fully saturated rings. The van der Waals surface area contributed by atoms with Gasteiger partial charge in [0.05, 0.1) is 55.7 Å². The minimum atomic E-state index is -0.690. The van der Waals surface area contributed by atoms with E-state index >= 15 is 0 Å². The predicted octanol–water partition coefficient (Wildman–Crippen LogP) is 6.00. The number of alkyl carbamates (subject to hydrolysis) is 1. The highest BCUT2D eigenvalue weighted by Crippen LogP contribution is 2.37. The minimum absolute atomic E-state index is 0.0787. The van der Waals surface area contributed by atoms with Gasteiger partial charge < -0.3 is 39.5 Å². The van der Waals surface area contributed by atoms with E-state index in [1.54, 1.807) is 18.2 Å². The van der Waals surface area contributed by atoms with Crippen LogP contribution in [0.4, 0.5) is 4.79 Å². The molecule has 16 heteroatoms. The predicted molar refractivity (Wildman–Crippen MR) is 210 cm³/mol. The number of nitrogens with one attached hydrogen (secondary N) is 5. The summed E-state index contributed by atoms with van der Waals surface area (Å²) in [6.45, 7) is 9.51.